The summed E-state index contributed by atoms with van der Waals surface area (Å²) in [5, 5.41) is 13.3. The van der Waals surface area contributed by atoms with Gasteiger partial charge in [0.05, 0.1) is 0 Å². The molecule has 1 aliphatic carbocycles. The number of aliphatic hydroxyl groups excluding tert-OH is 1. The van der Waals surface area contributed by atoms with Gasteiger partial charge in [0.1, 0.15) is 0 Å². The molecule has 1 saturated carbocycles. The summed E-state index contributed by atoms with van der Waals surface area (Å²) in [5.41, 5.74) is 0.886. The molecule has 1 N–H and O–H groups in total. The summed E-state index contributed by atoms with van der Waals surface area (Å²) in [6.07, 6.45) is 5.41. The number of aromatic nitrogens is 4. The highest BCUT2D eigenvalue weighted by Gasteiger charge is 2.31. The number of carbonyl (C=O) groups is 1. The number of hydrogen-bond donors (Lipinski definition) is 1. The molecule has 0 saturated heterocycles. The number of aliphatic hydroxyl groups is 1. The molecule has 7 heteroatoms. The summed E-state index contributed by atoms with van der Waals surface area (Å²) < 4.78 is 1.58. The van der Waals surface area contributed by atoms with E-state index in [2.05, 4.69) is 15.1 Å². The van der Waals surface area contributed by atoms with E-state index in [1.807, 2.05) is 13.0 Å². The minimum Gasteiger partial charge on any atom is -0.396 e. The van der Waals surface area contributed by atoms with E-state index in [-0.39, 0.29) is 24.4 Å². The average Bonchev–Trinajstić information content (AvgIpc) is 2.86. The molecule has 0 unspecified atom stereocenters. The molecule has 0 spiro atoms. The van der Waals surface area contributed by atoms with Crippen LogP contribution < -0.4 is 0 Å². The maximum atomic E-state index is 12.6. The van der Waals surface area contributed by atoms with Crippen molar-refractivity contribution in [3.8, 4) is 0 Å². The Hall–Kier alpha value is -2.02. The minimum atomic E-state index is -0.168. The van der Waals surface area contributed by atoms with E-state index in [1.165, 1.54) is 0 Å². The van der Waals surface area contributed by atoms with Crippen LogP contribution in [0.25, 0.3) is 5.78 Å². The van der Waals surface area contributed by atoms with Crippen molar-refractivity contribution in [3.63, 3.8) is 0 Å². The maximum absolute atomic E-state index is 12.6. The number of fused-ring (bicyclic) bond motifs is 1. The molecule has 0 bridgehead atoms. The number of aryl methyl sites for hydroxylation is 1. The molecular weight excluding hydrogens is 270 g/mol. The number of amides is 1. The molecule has 7 nitrogen and oxygen atoms in total. The number of nitrogens with zero attached hydrogens (tertiary/aromatic N) is 5. The van der Waals surface area contributed by atoms with Crippen molar-refractivity contribution in [1.82, 2.24) is 24.5 Å². The van der Waals surface area contributed by atoms with Crippen LogP contribution in [0.4, 0.5) is 0 Å². The molecule has 0 aromatic carbocycles. The minimum absolute atomic E-state index is 0.0791. The highest BCUT2D eigenvalue weighted by molar-refractivity contribution is 5.91. The second kappa shape index (κ2) is 5.77. The molecule has 0 aliphatic heterocycles. The van der Waals surface area contributed by atoms with Crippen LogP contribution in [0.1, 0.15) is 42.0 Å². The van der Waals surface area contributed by atoms with Crippen LogP contribution in [0.5, 0.6) is 0 Å². The van der Waals surface area contributed by atoms with Gasteiger partial charge in [-0.15, -0.1) is 5.10 Å². The average molecular weight is 289 g/mol. The first-order valence-electron chi connectivity index (χ1n) is 7.31. The zero-order valence-electron chi connectivity index (χ0n) is 12.1. The Morgan fingerprint density at radius 3 is 2.95 bits per heavy atom. The van der Waals surface area contributed by atoms with E-state index < -0.39 is 0 Å². The molecule has 1 aliphatic rings. The van der Waals surface area contributed by atoms with Crippen LogP contribution in [0.2, 0.25) is 0 Å². The fourth-order valence-electron chi connectivity index (χ4n) is 2.51. The van der Waals surface area contributed by atoms with Crippen LogP contribution in [0.15, 0.2) is 12.3 Å². The third-order valence-corrected chi connectivity index (χ3v) is 3.95. The van der Waals surface area contributed by atoms with Gasteiger partial charge >= 0.3 is 0 Å². The third kappa shape index (κ3) is 2.61. The van der Waals surface area contributed by atoms with Crippen LogP contribution >= 0.6 is 0 Å². The lowest BCUT2D eigenvalue weighted by atomic mass is 9.91. The van der Waals surface area contributed by atoms with Crippen molar-refractivity contribution < 1.29 is 9.90 Å². The predicted molar refractivity (Wildman–Crippen MR) is 75.9 cm³/mol. The summed E-state index contributed by atoms with van der Waals surface area (Å²) in [6.45, 7) is 2.52. The smallest absolute Gasteiger partial charge is 0.293 e. The Kier molecular flexibility index (Phi) is 3.83. The normalized spacial score (nSPS) is 15.1. The Balaban J connectivity index is 1.87. The molecule has 3 rings (SSSR count). The largest absolute Gasteiger partial charge is 0.396 e. The third-order valence-electron chi connectivity index (χ3n) is 3.95. The lowest BCUT2D eigenvalue weighted by Crippen LogP contribution is -2.45. The predicted octanol–water partition coefficient (Wildman–Crippen LogP) is 0.810. The van der Waals surface area contributed by atoms with Crippen molar-refractivity contribution in [2.24, 2.45) is 0 Å². The molecule has 0 atom stereocenters. The zero-order chi connectivity index (χ0) is 14.8. The van der Waals surface area contributed by atoms with E-state index in [0.717, 1.165) is 25.0 Å². The standard InChI is InChI=1S/C14H19N5O2/c1-10-6-7-15-14-16-12(17-19(10)14)13(21)18(8-3-9-20)11-4-2-5-11/h6-7,11,20H,2-5,8-9H2,1H3. The maximum Gasteiger partial charge on any atom is 0.293 e. The molecule has 2 aromatic heterocycles. The van der Waals surface area contributed by atoms with Gasteiger partial charge in [-0.3, -0.25) is 4.79 Å². The molecule has 1 fully saturated rings. The highest BCUT2D eigenvalue weighted by Crippen LogP contribution is 2.26. The van der Waals surface area contributed by atoms with Crippen LogP contribution in [-0.4, -0.2) is 54.7 Å². The van der Waals surface area contributed by atoms with E-state index in [9.17, 15) is 4.79 Å². The lowest BCUT2D eigenvalue weighted by molar-refractivity contribution is 0.0550. The Morgan fingerprint density at radius 1 is 1.52 bits per heavy atom. The van der Waals surface area contributed by atoms with E-state index >= 15 is 0 Å². The monoisotopic (exact) mass is 289 g/mol. The summed E-state index contributed by atoms with van der Waals surface area (Å²) in [5.74, 6) is 0.453. The van der Waals surface area contributed by atoms with Gasteiger partial charge < -0.3 is 10.0 Å². The molecule has 1 amide bonds. The van der Waals surface area contributed by atoms with E-state index in [0.29, 0.717) is 18.7 Å². The molecule has 112 valence electrons. The topological polar surface area (TPSA) is 83.6 Å². The van der Waals surface area contributed by atoms with Gasteiger partial charge in [-0.05, 0) is 38.7 Å². The van der Waals surface area contributed by atoms with Crippen LogP contribution in [0, 0.1) is 6.92 Å². The van der Waals surface area contributed by atoms with Crippen LogP contribution in [-0.2, 0) is 0 Å². The SMILES string of the molecule is Cc1ccnc2nc(C(=O)N(CCCO)C3CCC3)nn12. The molecule has 21 heavy (non-hydrogen) atoms. The quantitative estimate of drug-likeness (QED) is 0.880. The summed E-state index contributed by atoms with van der Waals surface area (Å²) in [6, 6.07) is 2.08. The number of hydrogen-bond acceptors (Lipinski definition) is 5. The fraction of sp³-hybridized carbons (Fsp3) is 0.571. The number of rotatable bonds is 5. The van der Waals surface area contributed by atoms with Gasteiger partial charge in [0, 0.05) is 31.1 Å². The van der Waals surface area contributed by atoms with E-state index in [4.69, 9.17) is 5.11 Å². The first-order chi connectivity index (χ1) is 10.2. The summed E-state index contributed by atoms with van der Waals surface area (Å²) >= 11 is 0. The van der Waals surface area contributed by atoms with Gasteiger partial charge in [0.2, 0.25) is 5.82 Å². The highest BCUT2D eigenvalue weighted by atomic mass is 16.3. The van der Waals surface area contributed by atoms with Crippen molar-refractivity contribution in [3.05, 3.63) is 23.8 Å². The molecule has 2 heterocycles. The second-order valence-electron chi connectivity index (χ2n) is 5.39. The van der Waals surface area contributed by atoms with Gasteiger partial charge in [-0.1, -0.05) is 0 Å². The fourth-order valence-corrected chi connectivity index (χ4v) is 2.51. The first kappa shape index (κ1) is 13.9. The van der Waals surface area contributed by atoms with Crippen molar-refractivity contribution in [1.29, 1.82) is 0 Å². The van der Waals surface area contributed by atoms with Gasteiger partial charge in [-0.25, -0.2) is 9.50 Å². The second-order valence-corrected chi connectivity index (χ2v) is 5.39. The lowest BCUT2D eigenvalue weighted by Gasteiger charge is -2.36. The molecule has 2 aromatic rings. The Labute approximate surface area is 122 Å². The summed E-state index contributed by atoms with van der Waals surface area (Å²) in [4.78, 5) is 22.8. The summed E-state index contributed by atoms with van der Waals surface area (Å²) in [7, 11) is 0. The van der Waals surface area contributed by atoms with Crippen molar-refractivity contribution >= 4 is 11.7 Å². The molecular formula is C14H19N5O2. The Morgan fingerprint density at radius 2 is 2.33 bits per heavy atom. The van der Waals surface area contributed by atoms with Gasteiger partial charge in [0.15, 0.2) is 0 Å². The van der Waals surface area contributed by atoms with E-state index in [1.54, 1.807) is 15.6 Å². The van der Waals surface area contributed by atoms with Crippen molar-refractivity contribution in [2.75, 3.05) is 13.2 Å². The number of carbonyl (C=O) groups excluding carboxylic acids is 1. The molecule has 0 radical (unpaired) electrons. The van der Waals surface area contributed by atoms with Crippen molar-refractivity contribution in [2.45, 2.75) is 38.6 Å². The van der Waals surface area contributed by atoms with Gasteiger partial charge in [-0.2, -0.15) is 4.98 Å². The van der Waals surface area contributed by atoms with Crippen LogP contribution in [0.3, 0.4) is 0 Å². The Bertz CT molecular complexity index is 650. The van der Waals surface area contributed by atoms with Gasteiger partial charge in [0.25, 0.3) is 11.7 Å². The first-order valence-corrected chi connectivity index (χ1v) is 7.31. The zero-order valence-corrected chi connectivity index (χ0v) is 12.1.